The molecule has 0 saturated heterocycles. The van der Waals surface area contributed by atoms with Crippen LogP contribution < -0.4 is 0 Å². The summed E-state index contributed by atoms with van der Waals surface area (Å²) in [5.74, 6) is -1.06. The van der Waals surface area contributed by atoms with E-state index >= 15 is 0 Å². The minimum Gasteiger partial charge on any atom is -0.469 e. The Labute approximate surface area is 203 Å². The van der Waals surface area contributed by atoms with E-state index in [1.807, 2.05) is 26.8 Å². The molecule has 0 bridgehead atoms. The minimum absolute atomic E-state index is 0.00855. The van der Waals surface area contributed by atoms with Crippen LogP contribution in [0.3, 0.4) is 0 Å². The van der Waals surface area contributed by atoms with Crippen LogP contribution in [0.15, 0.2) is 11.6 Å². The lowest BCUT2D eigenvalue weighted by atomic mass is 9.61. The largest absolute Gasteiger partial charge is 0.469 e. The van der Waals surface area contributed by atoms with Crippen LogP contribution in [0.4, 0.5) is 0 Å². The summed E-state index contributed by atoms with van der Waals surface area (Å²) < 4.78 is 16.3. The predicted octanol–water partition coefficient (Wildman–Crippen LogP) is 2.62. The Morgan fingerprint density at radius 1 is 1.18 bits per heavy atom. The van der Waals surface area contributed by atoms with E-state index in [2.05, 4.69) is 11.7 Å². The van der Waals surface area contributed by atoms with Crippen molar-refractivity contribution in [2.45, 2.75) is 96.7 Å². The third-order valence-electron chi connectivity index (χ3n) is 7.84. The first-order valence-corrected chi connectivity index (χ1v) is 12.6. The molecule has 8 heteroatoms. The number of aliphatic hydroxyl groups excluding tert-OH is 3. The number of carbonyl (C=O) groups is 2. The van der Waals surface area contributed by atoms with Gasteiger partial charge in [-0.15, -0.1) is 0 Å². The van der Waals surface area contributed by atoms with Crippen LogP contribution in [-0.2, 0) is 23.8 Å². The standard InChI is InChI=1S/C26H44O8/c1-7-14(2)26(31)34-22-10-15(3)25(30)20-13-21(32-5)16(4)19(24(20)22)9-8-17(27)11-18(28)12-23(29)33-6/h13-19,21-22,24-25,27-28,30H,7-12H2,1-6H3/t14?,15-,16-,17+,18+,19+,21-,22+,24-,25-/m1/s1. The monoisotopic (exact) mass is 484 g/mol. The van der Waals surface area contributed by atoms with E-state index in [4.69, 9.17) is 9.47 Å². The fourth-order valence-electron chi connectivity index (χ4n) is 5.48. The summed E-state index contributed by atoms with van der Waals surface area (Å²) >= 11 is 0. The van der Waals surface area contributed by atoms with Gasteiger partial charge >= 0.3 is 11.9 Å². The molecule has 2 rings (SSSR count). The molecular weight excluding hydrogens is 440 g/mol. The number of aliphatic hydroxyl groups is 3. The zero-order chi connectivity index (χ0) is 25.6. The lowest BCUT2D eigenvalue weighted by Gasteiger charge is -2.49. The average Bonchev–Trinajstić information content (AvgIpc) is 2.80. The summed E-state index contributed by atoms with van der Waals surface area (Å²) in [5, 5.41) is 31.6. The van der Waals surface area contributed by atoms with Crippen LogP contribution in [0.5, 0.6) is 0 Å². The molecule has 2 aliphatic rings. The number of esters is 2. The topological polar surface area (TPSA) is 123 Å². The number of methoxy groups -OCH3 is 2. The van der Waals surface area contributed by atoms with Crippen molar-refractivity contribution in [1.82, 2.24) is 0 Å². The molecule has 3 N–H and O–H groups in total. The number of ether oxygens (including phenoxy) is 3. The number of fused-ring (bicyclic) bond motifs is 1. The van der Waals surface area contributed by atoms with Crippen LogP contribution in [-0.4, -0.2) is 72.0 Å². The second-order valence-electron chi connectivity index (χ2n) is 10.3. The number of hydrogen-bond acceptors (Lipinski definition) is 8. The SMILES string of the molecule is CCC(C)C(=O)O[C@H]1C[C@@H](C)[C@@H](O)C2=C[C@@H](OC)[C@H](C)[C@H](CC[C@H](O)C[C@H](O)CC(=O)OC)[C@H]21. The normalized spacial score (nSPS) is 33.8. The van der Waals surface area contributed by atoms with Gasteiger partial charge in [0.15, 0.2) is 0 Å². The van der Waals surface area contributed by atoms with E-state index in [0.29, 0.717) is 25.7 Å². The van der Waals surface area contributed by atoms with Crippen molar-refractivity contribution in [3.05, 3.63) is 11.6 Å². The summed E-state index contributed by atoms with van der Waals surface area (Å²) in [5.41, 5.74) is 0.857. The molecule has 10 atom stereocenters. The maximum absolute atomic E-state index is 12.7. The first-order valence-electron chi connectivity index (χ1n) is 12.6. The minimum atomic E-state index is -0.977. The summed E-state index contributed by atoms with van der Waals surface area (Å²) in [4.78, 5) is 24.1. The van der Waals surface area contributed by atoms with Gasteiger partial charge in [0, 0.05) is 13.0 Å². The number of rotatable bonds is 11. The Bertz CT molecular complexity index is 707. The molecule has 0 heterocycles. The van der Waals surface area contributed by atoms with Crippen molar-refractivity contribution in [2.24, 2.45) is 29.6 Å². The molecule has 34 heavy (non-hydrogen) atoms. The Kier molecular flexibility index (Phi) is 11.0. The van der Waals surface area contributed by atoms with Gasteiger partial charge in [0.25, 0.3) is 0 Å². The molecule has 0 aliphatic heterocycles. The fourth-order valence-corrected chi connectivity index (χ4v) is 5.48. The van der Waals surface area contributed by atoms with Crippen molar-refractivity contribution in [1.29, 1.82) is 0 Å². The number of carbonyl (C=O) groups excluding carboxylic acids is 2. The molecule has 196 valence electrons. The molecule has 0 aromatic rings. The molecule has 1 saturated carbocycles. The van der Waals surface area contributed by atoms with Gasteiger partial charge in [0.2, 0.25) is 0 Å². The van der Waals surface area contributed by atoms with Gasteiger partial charge in [-0.25, -0.2) is 0 Å². The van der Waals surface area contributed by atoms with E-state index in [0.717, 1.165) is 5.57 Å². The van der Waals surface area contributed by atoms with Gasteiger partial charge < -0.3 is 29.5 Å². The highest BCUT2D eigenvalue weighted by Crippen LogP contribution is 2.48. The van der Waals surface area contributed by atoms with Crippen molar-refractivity contribution < 1.29 is 39.1 Å². The maximum Gasteiger partial charge on any atom is 0.308 e. The van der Waals surface area contributed by atoms with Crippen molar-refractivity contribution >= 4 is 11.9 Å². The van der Waals surface area contributed by atoms with Gasteiger partial charge in [-0.2, -0.15) is 0 Å². The van der Waals surface area contributed by atoms with Crippen molar-refractivity contribution in [2.75, 3.05) is 14.2 Å². The van der Waals surface area contributed by atoms with Crippen LogP contribution in [0.2, 0.25) is 0 Å². The second kappa shape index (κ2) is 13.0. The molecule has 0 radical (unpaired) electrons. The quantitative estimate of drug-likeness (QED) is 0.302. The molecule has 1 unspecified atom stereocenters. The molecule has 8 nitrogen and oxygen atoms in total. The predicted molar refractivity (Wildman–Crippen MR) is 127 cm³/mol. The van der Waals surface area contributed by atoms with Crippen molar-refractivity contribution in [3.8, 4) is 0 Å². The first kappa shape index (κ1) is 28.8. The highest BCUT2D eigenvalue weighted by atomic mass is 16.5. The van der Waals surface area contributed by atoms with Gasteiger partial charge in [-0.3, -0.25) is 9.59 Å². The van der Waals surface area contributed by atoms with E-state index in [9.17, 15) is 24.9 Å². The zero-order valence-electron chi connectivity index (χ0n) is 21.5. The van der Waals surface area contributed by atoms with Crippen LogP contribution in [0, 0.1) is 29.6 Å². The Balaban J connectivity index is 2.21. The maximum atomic E-state index is 12.7. The fraction of sp³-hybridized carbons (Fsp3) is 0.846. The first-order chi connectivity index (χ1) is 16.0. The van der Waals surface area contributed by atoms with Gasteiger partial charge in [-0.1, -0.05) is 33.8 Å². The summed E-state index contributed by atoms with van der Waals surface area (Å²) in [6.45, 7) is 7.86. The molecule has 1 fully saturated rings. The molecule has 2 aliphatic carbocycles. The Morgan fingerprint density at radius 2 is 1.85 bits per heavy atom. The Hall–Kier alpha value is -1.48. The summed E-state index contributed by atoms with van der Waals surface area (Å²) in [7, 11) is 2.91. The number of hydrogen-bond donors (Lipinski definition) is 3. The van der Waals surface area contributed by atoms with Crippen LogP contribution in [0.25, 0.3) is 0 Å². The van der Waals surface area contributed by atoms with Crippen molar-refractivity contribution in [3.63, 3.8) is 0 Å². The van der Waals surface area contributed by atoms with E-state index in [-0.39, 0.29) is 60.6 Å². The van der Waals surface area contributed by atoms with Gasteiger partial charge in [0.05, 0.1) is 43.9 Å². The van der Waals surface area contributed by atoms with E-state index < -0.39 is 24.3 Å². The lowest BCUT2D eigenvalue weighted by Crippen LogP contribution is -2.51. The van der Waals surface area contributed by atoms with E-state index in [1.54, 1.807) is 7.11 Å². The summed E-state index contributed by atoms with van der Waals surface area (Å²) in [6, 6.07) is 0. The lowest BCUT2D eigenvalue weighted by molar-refractivity contribution is -0.162. The molecule has 0 spiro atoms. The van der Waals surface area contributed by atoms with Crippen LogP contribution in [0.1, 0.15) is 66.2 Å². The molecule has 0 aromatic carbocycles. The van der Waals surface area contributed by atoms with Crippen LogP contribution >= 0.6 is 0 Å². The third kappa shape index (κ3) is 7.03. The third-order valence-corrected chi connectivity index (χ3v) is 7.84. The molecule has 0 amide bonds. The average molecular weight is 485 g/mol. The smallest absolute Gasteiger partial charge is 0.308 e. The highest BCUT2D eigenvalue weighted by molar-refractivity contribution is 5.72. The molecular formula is C26H44O8. The van der Waals surface area contributed by atoms with Gasteiger partial charge in [0.1, 0.15) is 6.10 Å². The summed E-state index contributed by atoms with van der Waals surface area (Å²) in [6.07, 6.45) is 1.24. The zero-order valence-corrected chi connectivity index (χ0v) is 21.5. The second-order valence-corrected chi connectivity index (χ2v) is 10.3. The Morgan fingerprint density at radius 3 is 2.44 bits per heavy atom. The molecule has 0 aromatic heterocycles. The van der Waals surface area contributed by atoms with E-state index in [1.165, 1.54) is 7.11 Å². The van der Waals surface area contributed by atoms with Gasteiger partial charge in [-0.05, 0) is 55.4 Å². The highest BCUT2D eigenvalue weighted by Gasteiger charge is 2.49.